The normalized spacial score (nSPS) is 14.9. The van der Waals surface area contributed by atoms with Crippen LogP contribution < -0.4 is 10.1 Å². The second-order valence-corrected chi connectivity index (χ2v) is 10.6. The first kappa shape index (κ1) is 24.8. The van der Waals surface area contributed by atoms with Crippen LogP contribution >= 0.6 is 11.3 Å². The zero-order valence-electron chi connectivity index (χ0n) is 20.7. The number of aromatic nitrogens is 2. The van der Waals surface area contributed by atoms with Gasteiger partial charge in [-0.25, -0.2) is 9.59 Å². The first-order valence-corrected chi connectivity index (χ1v) is 12.6. The third-order valence-electron chi connectivity index (χ3n) is 5.36. The van der Waals surface area contributed by atoms with Crippen LogP contribution in [0.5, 0.6) is 5.19 Å². The Kier molecular flexibility index (Phi) is 7.20. The monoisotopic (exact) mass is 502 g/mol. The van der Waals surface area contributed by atoms with Crippen molar-refractivity contribution in [2.75, 3.05) is 18.4 Å². The number of benzene rings is 1. The van der Waals surface area contributed by atoms with Gasteiger partial charge in [0.15, 0.2) is 5.82 Å². The lowest BCUT2D eigenvalue weighted by atomic mass is 10.1. The highest BCUT2D eigenvalue weighted by atomic mass is 32.1. The van der Waals surface area contributed by atoms with E-state index in [2.05, 4.69) is 10.3 Å². The summed E-state index contributed by atoms with van der Waals surface area (Å²) in [5.41, 5.74) is 1.14. The number of hydrogen-bond donors (Lipinski definition) is 1. The van der Waals surface area contributed by atoms with Crippen molar-refractivity contribution in [3.63, 3.8) is 0 Å². The lowest BCUT2D eigenvalue weighted by Crippen LogP contribution is -2.44. The smallest absolute Gasteiger partial charge is 0.411 e. The van der Waals surface area contributed by atoms with E-state index in [0.717, 1.165) is 29.6 Å². The molecule has 9 nitrogen and oxygen atoms in total. The van der Waals surface area contributed by atoms with Gasteiger partial charge in [-0.1, -0.05) is 11.3 Å². The average Bonchev–Trinajstić information content (AvgIpc) is 3.38. The summed E-state index contributed by atoms with van der Waals surface area (Å²) >= 11 is 1.45. The van der Waals surface area contributed by atoms with Gasteiger partial charge in [-0.3, -0.25) is 5.32 Å². The Morgan fingerprint density at radius 1 is 1.20 bits per heavy atom. The van der Waals surface area contributed by atoms with E-state index in [-0.39, 0.29) is 19.7 Å². The molecule has 0 unspecified atom stereocenters. The molecule has 1 aromatic carbocycles. The van der Waals surface area contributed by atoms with Crippen LogP contribution in [0, 0.1) is 0 Å². The number of carbonyl (C=O) groups is 2. The Labute approximate surface area is 210 Å². The van der Waals surface area contributed by atoms with Gasteiger partial charge in [0.25, 0.3) is 5.19 Å². The largest absolute Gasteiger partial charge is 0.467 e. The molecular formula is C25H34N4O5S. The molecular weight excluding hydrogens is 468 g/mol. The van der Waals surface area contributed by atoms with E-state index in [0.29, 0.717) is 24.0 Å². The first-order valence-electron chi connectivity index (χ1n) is 11.8. The fourth-order valence-electron chi connectivity index (χ4n) is 3.82. The Hall–Kier alpha value is -3.27. The van der Waals surface area contributed by atoms with Gasteiger partial charge >= 0.3 is 12.2 Å². The van der Waals surface area contributed by atoms with Crippen LogP contribution in [0.25, 0.3) is 16.7 Å². The predicted molar refractivity (Wildman–Crippen MR) is 138 cm³/mol. The molecule has 1 N–H and O–H groups in total. The first-order chi connectivity index (χ1) is 16.6. The fourth-order valence-corrected chi connectivity index (χ4v) is 4.53. The van der Waals surface area contributed by atoms with E-state index in [9.17, 15) is 9.59 Å². The number of nitrogens with one attached hydrogen (secondary N) is 1. The molecule has 1 aliphatic rings. The number of ether oxygens (including phenoxy) is 3. The molecule has 1 saturated heterocycles. The van der Waals surface area contributed by atoms with Gasteiger partial charge in [-0.15, -0.1) is 0 Å². The van der Waals surface area contributed by atoms with Gasteiger partial charge in [-0.05, 0) is 58.9 Å². The van der Waals surface area contributed by atoms with Gasteiger partial charge in [-0.2, -0.15) is 4.98 Å². The maximum atomic E-state index is 12.3. The van der Waals surface area contributed by atoms with Crippen LogP contribution in [0.3, 0.4) is 0 Å². The summed E-state index contributed by atoms with van der Waals surface area (Å²) in [6, 6.07) is 7.64. The second kappa shape index (κ2) is 10.2. The standard InChI is InChI=1S/C25H32N4O5S.H2/c1-16(2)32-22(30)26-18-6-7-20-17(14-18)8-13-29(20)21-15-35-23(27-21)33-19-9-11-28(12-10-19)24(31)34-25(3,4)5;/h6-8,13-16,19H,9-12H2,1-5H3,(H,26,30);1H. The number of thiazole rings is 1. The Morgan fingerprint density at radius 3 is 2.63 bits per heavy atom. The SMILES string of the molecule is CC(C)OC(=O)Nc1ccc2c(ccn2-c2csc(OC3CCN(C(=O)OC(C)(C)C)CC3)n2)c1.[HH]. The lowest BCUT2D eigenvalue weighted by Gasteiger charge is -2.33. The molecule has 0 aliphatic carbocycles. The van der Waals surface area contributed by atoms with Crippen LogP contribution in [0.2, 0.25) is 0 Å². The number of carbonyl (C=O) groups excluding carboxylic acids is 2. The van der Waals surface area contributed by atoms with Gasteiger partial charge in [0.05, 0.1) is 11.6 Å². The van der Waals surface area contributed by atoms with Crippen molar-refractivity contribution in [1.82, 2.24) is 14.5 Å². The number of fused-ring (bicyclic) bond motifs is 1. The van der Waals surface area contributed by atoms with Gasteiger partial charge in [0.1, 0.15) is 11.7 Å². The number of nitrogens with zero attached hydrogens (tertiary/aromatic N) is 3. The molecule has 1 aliphatic heterocycles. The maximum absolute atomic E-state index is 12.3. The summed E-state index contributed by atoms with van der Waals surface area (Å²) in [5, 5.41) is 6.28. The van der Waals surface area contributed by atoms with Crippen molar-refractivity contribution >= 4 is 40.1 Å². The van der Waals surface area contributed by atoms with Crippen molar-refractivity contribution in [3.8, 4) is 11.0 Å². The molecule has 0 atom stereocenters. The molecule has 10 heteroatoms. The molecule has 2 aromatic heterocycles. The Morgan fingerprint density at radius 2 is 1.94 bits per heavy atom. The summed E-state index contributed by atoms with van der Waals surface area (Å²) in [7, 11) is 0. The quantitative estimate of drug-likeness (QED) is 0.455. The second-order valence-electron chi connectivity index (χ2n) is 9.79. The highest BCUT2D eigenvalue weighted by Gasteiger charge is 2.28. The van der Waals surface area contributed by atoms with Crippen molar-refractivity contribution in [3.05, 3.63) is 35.8 Å². The lowest BCUT2D eigenvalue weighted by molar-refractivity contribution is 0.0126. The van der Waals surface area contributed by atoms with E-state index in [1.54, 1.807) is 4.90 Å². The molecule has 1 fully saturated rings. The average molecular weight is 503 g/mol. The molecule has 0 radical (unpaired) electrons. The molecule has 0 saturated carbocycles. The highest BCUT2D eigenvalue weighted by molar-refractivity contribution is 7.11. The molecule has 3 aromatic rings. The summed E-state index contributed by atoms with van der Waals surface area (Å²) in [6.45, 7) is 10.4. The van der Waals surface area contributed by atoms with E-state index < -0.39 is 11.7 Å². The Balaban J connectivity index is 0.00000361. The van der Waals surface area contributed by atoms with Crippen molar-refractivity contribution in [2.45, 2.75) is 65.3 Å². The van der Waals surface area contributed by atoms with Crippen LogP contribution in [0.1, 0.15) is 48.9 Å². The minimum Gasteiger partial charge on any atom is -0.467 e. The molecule has 4 rings (SSSR count). The molecule has 35 heavy (non-hydrogen) atoms. The minimum atomic E-state index is -0.498. The van der Waals surface area contributed by atoms with E-state index in [1.165, 1.54) is 11.3 Å². The number of likely N-dealkylation sites (tertiary alicyclic amines) is 1. The third kappa shape index (κ3) is 6.45. The van der Waals surface area contributed by atoms with Crippen LogP contribution in [0.15, 0.2) is 35.8 Å². The predicted octanol–water partition coefficient (Wildman–Crippen LogP) is 6.07. The number of anilines is 1. The van der Waals surface area contributed by atoms with Crippen LogP contribution in [-0.2, 0) is 9.47 Å². The van der Waals surface area contributed by atoms with E-state index in [1.807, 2.05) is 75.0 Å². The van der Waals surface area contributed by atoms with Gasteiger partial charge in [0, 0.05) is 50.0 Å². The summed E-state index contributed by atoms with van der Waals surface area (Å²) < 4.78 is 18.7. The summed E-state index contributed by atoms with van der Waals surface area (Å²) in [5.74, 6) is 0.770. The number of rotatable bonds is 5. The van der Waals surface area contributed by atoms with E-state index in [4.69, 9.17) is 14.2 Å². The molecule has 0 bridgehead atoms. The van der Waals surface area contributed by atoms with Gasteiger partial charge in [0.2, 0.25) is 0 Å². The summed E-state index contributed by atoms with van der Waals surface area (Å²) in [4.78, 5) is 30.5. The van der Waals surface area contributed by atoms with E-state index >= 15 is 0 Å². The van der Waals surface area contributed by atoms with Crippen molar-refractivity contribution < 1.29 is 25.2 Å². The third-order valence-corrected chi connectivity index (χ3v) is 6.08. The zero-order valence-corrected chi connectivity index (χ0v) is 21.6. The van der Waals surface area contributed by atoms with Crippen LogP contribution in [-0.4, -0.2) is 57.5 Å². The molecule has 0 spiro atoms. The highest BCUT2D eigenvalue weighted by Crippen LogP contribution is 2.29. The molecule has 2 amide bonds. The van der Waals surface area contributed by atoms with Gasteiger partial charge < -0.3 is 23.7 Å². The van der Waals surface area contributed by atoms with Crippen LogP contribution in [0.4, 0.5) is 15.3 Å². The Bertz CT molecular complexity index is 1190. The number of hydrogen-bond acceptors (Lipinski definition) is 7. The number of amides is 2. The maximum Gasteiger partial charge on any atom is 0.411 e. The topological polar surface area (TPSA) is 94.9 Å². The fraction of sp³-hybridized carbons (Fsp3) is 0.480. The minimum absolute atomic E-state index is 0. The van der Waals surface area contributed by atoms with Crippen molar-refractivity contribution in [1.29, 1.82) is 0 Å². The zero-order chi connectivity index (χ0) is 25.2. The number of piperidine rings is 1. The van der Waals surface area contributed by atoms with Crippen molar-refractivity contribution in [2.24, 2.45) is 0 Å². The molecule has 190 valence electrons. The molecule has 3 heterocycles. The summed E-state index contributed by atoms with van der Waals surface area (Å²) in [6.07, 6.45) is 2.48.